The summed E-state index contributed by atoms with van der Waals surface area (Å²) in [7, 11) is 0. The Kier molecular flexibility index (Phi) is 5.82. The van der Waals surface area contributed by atoms with E-state index in [1.165, 1.54) is 16.8 Å². The van der Waals surface area contributed by atoms with E-state index in [0.29, 0.717) is 50.0 Å². The van der Waals surface area contributed by atoms with Crippen molar-refractivity contribution in [2.24, 2.45) is 5.92 Å². The molecule has 1 aromatic carbocycles. The lowest BCUT2D eigenvalue weighted by Gasteiger charge is -2.41. The van der Waals surface area contributed by atoms with Crippen LogP contribution in [-0.2, 0) is 17.8 Å². The molecule has 2 aliphatic carbocycles. The molecule has 192 valence electrons. The fourth-order valence-corrected chi connectivity index (χ4v) is 6.54. The molecule has 3 fully saturated rings. The van der Waals surface area contributed by atoms with Crippen molar-refractivity contribution in [3.8, 4) is 0 Å². The fourth-order valence-electron chi connectivity index (χ4n) is 6.54. The minimum Gasteiger partial charge on any atom is -0.393 e. The van der Waals surface area contributed by atoms with Crippen molar-refractivity contribution >= 4 is 17.5 Å². The average molecular weight is 492 g/mol. The van der Waals surface area contributed by atoms with Crippen LogP contribution in [0.4, 0.5) is 5.69 Å². The first-order valence-electron chi connectivity index (χ1n) is 13.5. The molecule has 1 aromatic heterocycles. The summed E-state index contributed by atoms with van der Waals surface area (Å²) in [4.78, 5) is 33.0. The summed E-state index contributed by atoms with van der Waals surface area (Å²) >= 11 is 0. The Morgan fingerprint density at radius 2 is 1.89 bits per heavy atom. The smallest absolute Gasteiger partial charge is 0.274 e. The largest absolute Gasteiger partial charge is 0.393 e. The van der Waals surface area contributed by atoms with Crippen molar-refractivity contribution in [3.63, 3.8) is 0 Å². The summed E-state index contributed by atoms with van der Waals surface area (Å²) in [6.45, 7) is 10.1. The number of aryl methyl sites for hydroxylation is 1. The van der Waals surface area contributed by atoms with Gasteiger partial charge in [-0.2, -0.15) is 5.10 Å². The molecule has 0 radical (unpaired) electrons. The van der Waals surface area contributed by atoms with E-state index in [4.69, 9.17) is 5.10 Å². The van der Waals surface area contributed by atoms with Gasteiger partial charge in [0.05, 0.1) is 6.10 Å². The Morgan fingerprint density at radius 3 is 2.64 bits per heavy atom. The molecule has 36 heavy (non-hydrogen) atoms. The van der Waals surface area contributed by atoms with Crippen LogP contribution >= 0.6 is 0 Å². The number of carbonyl (C=O) groups is 2. The number of fused-ring (bicyclic) bond motifs is 3. The lowest BCUT2D eigenvalue weighted by Crippen LogP contribution is -2.55. The van der Waals surface area contributed by atoms with Crippen molar-refractivity contribution in [1.82, 2.24) is 19.6 Å². The Balaban J connectivity index is 1.17. The predicted molar refractivity (Wildman–Crippen MR) is 137 cm³/mol. The molecule has 3 heterocycles. The SMILES string of the molecule is Cc1cccc(N2CCN(C(=O)Cn3nc(C(=O)N4CCC(O)CC4)c4c3C[C@H]3C[C@@H]43)[C@@H](C)C2)c1C. The van der Waals surface area contributed by atoms with Crippen LogP contribution in [0.2, 0.25) is 0 Å². The van der Waals surface area contributed by atoms with E-state index in [1.54, 1.807) is 0 Å². The first kappa shape index (κ1) is 23.5. The van der Waals surface area contributed by atoms with Gasteiger partial charge >= 0.3 is 0 Å². The standard InChI is InChI=1S/C28H37N5O3/c1-17-5-4-6-23(19(17)3)31-11-12-32(18(2)15-31)25(35)16-33-24-14-20-13-22(20)26(24)27(29-33)28(36)30-9-7-21(34)8-10-30/h4-6,18,20-22,34H,7-16H2,1-3H3/t18-,20+,22+/m0/s1. The summed E-state index contributed by atoms with van der Waals surface area (Å²) in [5.74, 6) is 1.08. The summed E-state index contributed by atoms with van der Waals surface area (Å²) < 4.78 is 1.83. The maximum absolute atomic E-state index is 13.5. The zero-order chi connectivity index (χ0) is 25.1. The highest BCUT2D eigenvalue weighted by atomic mass is 16.3. The van der Waals surface area contributed by atoms with Gasteiger partial charge in [-0.25, -0.2) is 0 Å². The second-order valence-corrected chi connectivity index (χ2v) is 11.3. The molecule has 8 heteroatoms. The number of hydrogen-bond acceptors (Lipinski definition) is 5. The number of amides is 2. The first-order chi connectivity index (χ1) is 17.3. The van der Waals surface area contributed by atoms with Gasteiger partial charge in [0.15, 0.2) is 5.69 Å². The molecular formula is C28H37N5O3. The van der Waals surface area contributed by atoms with E-state index >= 15 is 0 Å². The van der Waals surface area contributed by atoms with Crippen LogP contribution in [0, 0.1) is 19.8 Å². The summed E-state index contributed by atoms with van der Waals surface area (Å²) in [5, 5.41) is 14.6. The number of hydrogen-bond donors (Lipinski definition) is 1. The summed E-state index contributed by atoms with van der Waals surface area (Å²) in [6.07, 6.45) is 2.96. The number of carbonyl (C=O) groups excluding carboxylic acids is 2. The van der Waals surface area contributed by atoms with E-state index in [2.05, 4.69) is 43.9 Å². The van der Waals surface area contributed by atoms with Gasteiger partial charge in [0.1, 0.15) is 6.54 Å². The van der Waals surface area contributed by atoms with E-state index in [1.807, 2.05) is 14.5 Å². The zero-order valence-corrected chi connectivity index (χ0v) is 21.6. The molecule has 3 atom stereocenters. The quantitative estimate of drug-likeness (QED) is 0.711. The minimum absolute atomic E-state index is 0.0348. The zero-order valence-electron chi connectivity index (χ0n) is 21.6. The number of rotatable bonds is 4. The third kappa shape index (κ3) is 3.99. The van der Waals surface area contributed by atoms with Gasteiger partial charge in [-0.15, -0.1) is 0 Å². The monoisotopic (exact) mass is 491 g/mol. The number of aromatic nitrogens is 2. The molecule has 0 bridgehead atoms. The predicted octanol–water partition coefficient (Wildman–Crippen LogP) is 2.49. The van der Waals surface area contributed by atoms with Crippen molar-refractivity contribution in [1.29, 1.82) is 0 Å². The lowest BCUT2D eigenvalue weighted by molar-refractivity contribution is -0.134. The molecule has 2 amide bonds. The highest BCUT2D eigenvalue weighted by Gasteiger charge is 2.50. The number of aliphatic hydroxyl groups excluding tert-OH is 1. The van der Waals surface area contributed by atoms with E-state index < -0.39 is 0 Å². The van der Waals surface area contributed by atoms with Gasteiger partial charge in [0, 0.05) is 55.7 Å². The number of piperazine rings is 1. The summed E-state index contributed by atoms with van der Waals surface area (Å²) in [6, 6.07) is 6.52. The molecule has 2 aromatic rings. The van der Waals surface area contributed by atoms with Crippen LogP contribution < -0.4 is 4.90 Å². The van der Waals surface area contributed by atoms with Gasteiger partial charge in [-0.3, -0.25) is 14.3 Å². The normalized spacial score (nSPS) is 25.7. The van der Waals surface area contributed by atoms with Crippen molar-refractivity contribution in [3.05, 3.63) is 46.3 Å². The molecule has 1 saturated carbocycles. The van der Waals surface area contributed by atoms with Crippen LogP contribution in [0.3, 0.4) is 0 Å². The molecule has 6 rings (SSSR count). The van der Waals surface area contributed by atoms with Crippen LogP contribution in [0.1, 0.15) is 65.0 Å². The molecule has 8 nitrogen and oxygen atoms in total. The summed E-state index contributed by atoms with van der Waals surface area (Å²) in [5.41, 5.74) is 6.58. The molecule has 1 N–H and O–H groups in total. The third-order valence-electron chi connectivity index (χ3n) is 8.95. The Labute approximate surface area is 212 Å². The maximum Gasteiger partial charge on any atom is 0.274 e. The maximum atomic E-state index is 13.5. The second-order valence-electron chi connectivity index (χ2n) is 11.3. The van der Waals surface area contributed by atoms with Crippen molar-refractivity contribution in [2.45, 2.75) is 71.1 Å². The molecule has 4 aliphatic rings. The van der Waals surface area contributed by atoms with E-state index in [-0.39, 0.29) is 30.5 Å². The van der Waals surface area contributed by atoms with E-state index in [9.17, 15) is 14.7 Å². The average Bonchev–Trinajstić information content (AvgIpc) is 3.39. The minimum atomic E-state index is -0.319. The van der Waals surface area contributed by atoms with Crippen molar-refractivity contribution in [2.75, 3.05) is 37.6 Å². The second kappa shape index (κ2) is 8.91. The van der Waals surface area contributed by atoms with Gasteiger partial charge in [0.2, 0.25) is 5.91 Å². The van der Waals surface area contributed by atoms with Gasteiger partial charge in [-0.1, -0.05) is 12.1 Å². The Morgan fingerprint density at radius 1 is 1.11 bits per heavy atom. The highest BCUT2D eigenvalue weighted by molar-refractivity contribution is 5.95. The number of piperidine rings is 1. The first-order valence-corrected chi connectivity index (χ1v) is 13.5. The molecule has 0 spiro atoms. The van der Waals surface area contributed by atoms with Crippen LogP contribution in [-0.4, -0.2) is 81.4 Å². The van der Waals surface area contributed by atoms with E-state index in [0.717, 1.165) is 37.2 Å². The molecular weight excluding hydrogens is 454 g/mol. The topological polar surface area (TPSA) is 81.9 Å². The number of benzene rings is 1. The fraction of sp³-hybridized carbons (Fsp3) is 0.607. The molecule has 2 saturated heterocycles. The Hall–Kier alpha value is -2.87. The Bertz CT molecular complexity index is 1200. The lowest BCUT2D eigenvalue weighted by atomic mass is 10.1. The molecule has 2 aliphatic heterocycles. The number of aliphatic hydroxyl groups is 1. The van der Waals surface area contributed by atoms with Gasteiger partial charge in [0.25, 0.3) is 5.91 Å². The van der Waals surface area contributed by atoms with Gasteiger partial charge in [-0.05, 0) is 75.5 Å². The van der Waals surface area contributed by atoms with Crippen LogP contribution in [0.25, 0.3) is 0 Å². The highest BCUT2D eigenvalue weighted by Crippen LogP contribution is 2.57. The molecule has 0 unspecified atom stereocenters. The van der Waals surface area contributed by atoms with Gasteiger partial charge < -0.3 is 19.8 Å². The third-order valence-corrected chi connectivity index (χ3v) is 8.95. The van der Waals surface area contributed by atoms with Crippen LogP contribution in [0.15, 0.2) is 18.2 Å². The number of anilines is 1. The number of likely N-dealkylation sites (tertiary alicyclic amines) is 1. The number of nitrogens with zero attached hydrogens (tertiary/aromatic N) is 5. The van der Waals surface area contributed by atoms with Crippen LogP contribution in [0.5, 0.6) is 0 Å². The van der Waals surface area contributed by atoms with Crippen molar-refractivity contribution < 1.29 is 14.7 Å².